The third-order valence-corrected chi connectivity index (χ3v) is 6.41. The van der Waals surface area contributed by atoms with E-state index in [0.29, 0.717) is 45.3 Å². The first-order valence-electron chi connectivity index (χ1n) is 13.7. The topological polar surface area (TPSA) is 146 Å². The van der Waals surface area contributed by atoms with Crippen LogP contribution in [0.5, 0.6) is 0 Å². The van der Waals surface area contributed by atoms with Crippen LogP contribution in [0.15, 0.2) is 30.3 Å². The van der Waals surface area contributed by atoms with E-state index in [4.69, 9.17) is 10.5 Å². The Morgan fingerprint density at radius 2 is 1.77 bits per heavy atom. The Hall–Kier alpha value is -3.18. The normalized spacial score (nSPS) is 16.8. The van der Waals surface area contributed by atoms with Gasteiger partial charge < -0.3 is 36.2 Å². The lowest BCUT2D eigenvalue weighted by Gasteiger charge is -2.31. The predicted molar refractivity (Wildman–Crippen MR) is 150 cm³/mol. The molecular formula is C28H46N6O5. The van der Waals surface area contributed by atoms with Crippen molar-refractivity contribution in [3.8, 4) is 0 Å². The van der Waals surface area contributed by atoms with Gasteiger partial charge in [0.05, 0.1) is 12.2 Å². The molecule has 5 N–H and O–H groups in total. The minimum atomic E-state index is -0.956. The Labute approximate surface area is 232 Å². The molecule has 5 amide bonds. The second kappa shape index (κ2) is 15.4. The zero-order chi connectivity index (χ0) is 29.0. The maximum atomic E-state index is 13.6. The van der Waals surface area contributed by atoms with E-state index in [1.165, 1.54) is 9.80 Å². The van der Waals surface area contributed by atoms with Gasteiger partial charge in [0.25, 0.3) is 0 Å². The van der Waals surface area contributed by atoms with Crippen molar-refractivity contribution >= 4 is 23.8 Å². The highest BCUT2D eigenvalue weighted by Crippen LogP contribution is 2.20. The third kappa shape index (κ3) is 10.8. The molecule has 1 saturated heterocycles. The molecule has 11 heteroatoms. The van der Waals surface area contributed by atoms with E-state index < -0.39 is 29.8 Å². The van der Waals surface area contributed by atoms with Gasteiger partial charge in [0.1, 0.15) is 18.1 Å². The summed E-state index contributed by atoms with van der Waals surface area (Å²) in [6.07, 6.45) is 2.94. The molecule has 0 bridgehead atoms. The van der Waals surface area contributed by atoms with Crippen LogP contribution < -0.4 is 21.7 Å². The molecule has 1 aromatic carbocycles. The number of unbranched alkanes of at least 4 members (excludes halogenated alkanes) is 1. The minimum absolute atomic E-state index is 0.0314. The van der Waals surface area contributed by atoms with E-state index in [1.54, 1.807) is 14.1 Å². The summed E-state index contributed by atoms with van der Waals surface area (Å²) in [7, 11) is 3.17. The average Bonchev–Trinajstić information content (AvgIpc) is 3.39. The zero-order valence-corrected chi connectivity index (χ0v) is 24.0. The molecule has 0 radical (unpaired) electrons. The quantitative estimate of drug-likeness (QED) is 0.275. The minimum Gasteiger partial charge on any atom is -0.373 e. The number of hydrogen-bond acceptors (Lipinski definition) is 6. The van der Waals surface area contributed by atoms with E-state index in [-0.39, 0.29) is 24.3 Å². The van der Waals surface area contributed by atoms with E-state index in [0.717, 1.165) is 12.0 Å². The number of rotatable bonds is 13. The zero-order valence-electron chi connectivity index (χ0n) is 24.0. The van der Waals surface area contributed by atoms with E-state index in [9.17, 15) is 19.2 Å². The molecule has 3 atom stereocenters. The van der Waals surface area contributed by atoms with Crippen LogP contribution in [0.1, 0.15) is 58.4 Å². The third-order valence-electron chi connectivity index (χ3n) is 6.41. The second-order valence-corrected chi connectivity index (χ2v) is 11.1. The molecule has 39 heavy (non-hydrogen) atoms. The monoisotopic (exact) mass is 546 g/mol. The van der Waals surface area contributed by atoms with Gasteiger partial charge in [-0.1, -0.05) is 30.3 Å². The standard InChI is InChI=1S/C28H46N6O5/c1-28(2,3)39-19-22(32-27(38)33(4)5)26(37)34-17-11-15-23(34)25(36)31-21(14-9-10-16-29)24(35)30-18-20-12-7-6-8-13-20/h6-8,12-13,21-23H,9-11,14-19,29H2,1-5H3,(H,30,35)(H,31,36)(H,32,38)/t21-,22-,23+/m0/s1. The van der Waals surface area contributed by atoms with Crippen molar-refractivity contribution in [3.63, 3.8) is 0 Å². The molecule has 0 unspecified atom stereocenters. The van der Waals surface area contributed by atoms with E-state index >= 15 is 0 Å². The van der Waals surface area contributed by atoms with Crippen LogP contribution in [0, 0.1) is 0 Å². The summed E-state index contributed by atoms with van der Waals surface area (Å²) in [5.74, 6) is -1.06. The summed E-state index contributed by atoms with van der Waals surface area (Å²) in [5, 5.41) is 8.50. The molecule has 1 aliphatic rings. The average molecular weight is 547 g/mol. The van der Waals surface area contributed by atoms with Crippen molar-refractivity contribution in [2.75, 3.05) is 33.8 Å². The SMILES string of the molecule is CN(C)C(=O)N[C@@H](COC(C)(C)C)C(=O)N1CCC[C@@H]1C(=O)N[C@@H](CCCCN)C(=O)NCc1ccccc1. The Balaban J connectivity index is 2.12. The first-order valence-corrected chi connectivity index (χ1v) is 13.7. The van der Waals surface area contributed by atoms with Crippen LogP contribution in [0.2, 0.25) is 0 Å². The largest absolute Gasteiger partial charge is 0.373 e. The highest BCUT2D eigenvalue weighted by molar-refractivity contribution is 5.94. The van der Waals surface area contributed by atoms with Crippen molar-refractivity contribution in [1.29, 1.82) is 0 Å². The number of carbonyl (C=O) groups is 4. The number of nitrogens with one attached hydrogen (secondary N) is 3. The summed E-state index contributed by atoms with van der Waals surface area (Å²) in [6.45, 7) is 6.77. The number of carbonyl (C=O) groups excluding carboxylic acids is 4. The fraction of sp³-hybridized carbons (Fsp3) is 0.643. The molecule has 0 spiro atoms. The van der Waals surface area contributed by atoms with Gasteiger partial charge in [-0.05, 0) is 65.0 Å². The number of hydrogen-bond donors (Lipinski definition) is 4. The Bertz CT molecular complexity index is 950. The van der Waals surface area contributed by atoms with Crippen molar-refractivity contribution in [3.05, 3.63) is 35.9 Å². The van der Waals surface area contributed by atoms with E-state index in [2.05, 4.69) is 16.0 Å². The lowest BCUT2D eigenvalue weighted by molar-refractivity contribution is -0.142. The maximum Gasteiger partial charge on any atom is 0.317 e. The van der Waals surface area contributed by atoms with Crippen molar-refractivity contribution in [2.24, 2.45) is 5.73 Å². The van der Waals surface area contributed by atoms with Gasteiger partial charge in [-0.3, -0.25) is 14.4 Å². The molecule has 2 rings (SSSR count). The van der Waals surface area contributed by atoms with Crippen LogP contribution in [-0.4, -0.2) is 91.1 Å². The fourth-order valence-electron chi connectivity index (χ4n) is 4.23. The molecule has 1 aromatic rings. The van der Waals surface area contributed by atoms with Crippen molar-refractivity contribution < 1.29 is 23.9 Å². The Morgan fingerprint density at radius 3 is 2.38 bits per heavy atom. The highest BCUT2D eigenvalue weighted by Gasteiger charge is 2.39. The molecule has 0 aliphatic carbocycles. The van der Waals surface area contributed by atoms with Gasteiger partial charge >= 0.3 is 6.03 Å². The van der Waals surface area contributed by atoms with Crippen molar-refractivity contribution in [1.82, 2.24) is 25.8 Å². The number of amides is 5. The molecule has 11 nitrogen and oxygen atoms in total. The highest BCUT2D eigenvalue weighted by atomic mass is 16.5. The van der Waals surface area contributed by atoms with Crippen molar-refractivity contribution in [2.45, 2.75) is 83.1 Å². The number of urea groups is 1. The molecule has 0 saturated carbocycles. The van der Waals surface area contributed by atoms with Crippen LogP contribution >= 0.6 is 0 Å². The lowest BCUT2D eigenvalue weighted by atomic mass is 10.1. The first-order chi connectivity index (χ1) is 18.4. The van der Waals surface area contributed by atoms with E-state index in [1.807, 2.05) is 51.1 Å². The van der Waals surface area contributed by atoms with Crippen LogP contribution in [-0.2, 0) is 25.7 Å². The van der Waals surface area contributed by atoms with Gasteiger partial charge in [0.15, 0.2) is 0 Å². The first kappa shape index (κ1) is 32.0. The van der Waals surface area contributed by atoms with Crippen LogP contribution in [0.4, 0.5) is 4.79 Å². The molecule has 0 aromatic heterocycles. The molecule has 218 valence electrons. The summed E-state index contributed by atoms with van der Waals surface area (Å²) in [6, 6.07) is 6.65. The Morgan fingerprint density at radius 1 is 1.08 bits per heavy atom. The molecular weight excluding hydrogens is 500 g/mol. The summed E-state index contributed by atoms with van der Waals surface area (Å²) >= 11 is 0. The number of nitrogens with zero attached hydrogens (tertiary/aromatic N) is 2. The van der Waals surface area contributed by atoms with Gasteiger partial charge in [-0.2, -0.15) is 0 Å². The van der Waals surface area contributed by atoms with Crippen LogP contribution in [0.25, 0.3) is 0 Å². The molecule has 1 heterocycles. The van der Waals surface area contributed by atoms with Gasteiger partial charge in [-0.15, -0.1) is 0 Å². The summed E-state index contributed by atoms with van der Waals surface area (Å²) < 4.78 is 5.82. The fourth-order valence-corrected chi connectivity index (χ4v) is 4.23. The lowest BCUT2D eigenvalue weighted by Crippen LogP contribution is -2.58. The van der Waals surface area contributed by atoms with Gasteiger partial charge in [-0.25, -0.2) is 4.79 Å². The summed E-state index contributed by atoms with van der Waals surface area (Å²) in [5.41, 5.74) is 6.07. The Kier molecular flexibility index (Phi) is 12.7. The predicted octanol–water partition coefficient (Wildman–Crippen LogP) is 1.36. The second-order valence-electron chi connectivity index (χ2n) is 11.1. The smallest absolute Gasteiger partial charge is 0.317 e. The number of likely N-dealkylation sites (tertiary alicyclic amines) is 1. The number of nitrogens with two attached hydrogens (primary N) is 1. The number of benzene rings is 1. The van der Waals surface area contributed by atoms with Gasteiger partial charge in [0, 0.05) is 27.2 Å². The number of ether oxygens (including phenoxy) is 1. The molecule has 1 aliphatic heterocycles. The van der Waals surface area contributed by atoms with Gasteiger partial charge in [0.2, 0.25) is 17.7 Å². The van der Waals surface area contributed by atoms with Crippen LogP contribution in [0.3, 0.4) is 0 Å². The molecule has 1 fully saturated rings. The summed E-state index contributed by atoms with van der Waals surface area (Å²) in [4.78, 5) is 55.2. The maximum absolute atomic E-state index is 13.6.